The first kappa shape index (κ1) is 23.4. The second-order valence-electron chi connectivity index (χ2n) is 10.00. The van der Waals surface area contributed by atoms with Gasteiger partial charge < -0.3 is 15.0 Å². The number of rotatable bonds is 7. The van der Waals surface area contributed by atoms with E-state index in [0.717, 1.165) is 42.2 Å². The number of aromatic nitrogens is 2. The lowest BCUT2D eigenvalue weighted by Gasteiger charge is -2.50. The normalized spacial score (nSPS) is 23.2. The molecule has 0 radical (unpaired) electrons. The third-order valence-electron chi connectivity index (χ3n) is 7.70. The maximum atomic E-state index is 12.7. The molecule has 1 amide bonds. The third kappa shape index (κ3) is 4.78. The number of anilines is 1. The minimum Gasteiger partial charge on any atom is -0.497 e. The molecule has 4 atom stereocenters. The number of aryl methyl sites for hydroxylation is 1. The van der Waals surface area contributed by atoms with Crippen molar-refractivity contribution in [3.05, 3.63) is 65.9 Å². The van der Waals surface area contributed by atoms with E-state index in [9.17, 15) is 4.79 Å². The van der Waals surface area contributed by atoms with Crippen LogP contribution in [0.4, 0.5) is 5.69 Å². The predicted molar refractivity (Wildman–Crippen MR) is 139 cm³/mol. The minimum atomic E-state index is 0.00488. The van der Waals surface area contributed by atoms with Crippen molar-refractivity contribution in [1.82, 2.24) is 20.0 Å². The highest BCUT2D eigenvalue weighted by Crippen LogP contribution is 2.42. The topological polar surface area (TPSA) is 62.6 Å². The summed E-state index contributed by atoms with van der Waals surface area (Å²) in [7, 11) is 7.74. The fraction of sp³-hybridized carbons (Fsp3) is 0.429. The number of amides is 1. The number of carbonyl (C=O) groups excluding carboxylic acids is 1. The van der Waals surface area contributed by atoms with Gasteiger partial charge in [-0.05, 0) is 79.9 Å². The van der Waals surface area contributed by atoms with Crippen LogP contribution in [0.5, 0.6) is 5.75 Å². The molecule has 3 aromatic rings. The highest BCUT2D eigenvalue weighted by Gasteiger charge is 2.41. The number of piperidine rings is 3. The first-order chi connectivity index (χ1) is 16.9. The molecule has 7 nitrogen and oxygen atoms in total. The summed E-state index contributed by atoms with van der Waals surface area (Å²) in [4.78, 5) is 17.3. The number of hydrogen-bond acceptors (Lipinski definition) is 5. The summed E-state index contributed by atoms with van der Waals surface area (Å²) in [5.74, 6) is 1.94. The fourth-order valence-corrected chi connectivity index (χ4v) is 5.64. The number of nitrogens with one attached hydrogen (secondary N) is 1. The minimum absolute atomic E-state index is 0.00488. The largest absolute Gasteiger partial charge is 0.497 e. The number of fused-ring (bicyclic) bond motifs is 3. The van der Waals surface area contributed by atoms with Gasteiger partial charge in [-0.25, -0.2) is 0 Å². The zero-order valence-electron chi connectivity index (χ0n) is 21.1. The van der Waals surface area contributed by atoms with Gasteiger partial charge in [0.2, 0.25) is 0 Å². The molecule has 0 aliphatic carbocycles. The highest BCUT2D eigenvalue weighted by molar-refractivity contribution is 5.94. The molecule has 3 fully saturated rings. The maximum Gasteiger partial charge on any atom is 0.251 e. The van der Waals surface area contributed by atoms with Gasteiger partial charge >= 0.3 is 0 Å². The third-order valence-corrected chi connectivity index (χ3v) is 7.70. The average molecular weight is 474 g/mol. The molecular weight excluding hydrogens is 438 g/mol. The van der Waals surface area contributed by atoms with Crippen LogP contribution in [0.15, 0.2) is 54.6 Å². The first-order valence-electron chi connectivity index (χ1n) is 12.4. The Kier molecular flexibility index (Phi) is 6.52. The monoisotopic (exact) mass is 473 g/mol. The Labute approximate surface area is 207 Å². The van der Waals surface area contributed by atoms with E-state index in [1.54, 1.807) is 7.11 Å². The zero-order valence-corrected chi connectivity index (χ0v) is 21.1. The molecular formula is C28H35N5O2. The van der Waals surface area contributed by atoms with Crippen molar-refractivity contribution in [1.29, 1.82) is 0 Å². The molecule has 2 bridgehead atoms. The summed E-state index contributed by atoms with van der Waals surface area (Å²) >= 11 is 0. The fourth-order valence-electron chi connectivity index (χ4n) is 5.64. The molecule has 1 unspecified atom stereocenters. The summed E-state index contributed by atoms with van der Waals surface area (Å²) in [5.41, 5.74) is 5.21. The van der Waals surface area contributed by atoms with Crippen molar-refractivity contribution >= 4 is 11.6 Å². The van der Waals surface area contributed by atoms with Crippen molar-refractivity contribution in [3.8, 4) is 17.0 Å². The summed E-state index contributed by atoms with van der Waals surface area (Å²) in [6.07, 6.45) is 2.30. The van der Waals surface area contributed by atoms with Crippen LogP contribution < -0.4 is 15.0 Å². The van der Waals surface area contributed by atoms with E-state index in [2.05, 4.69) is 40.1 Å². The van der Waals surface area contributed by atoms with Crippen LogP contribution in [0.2, 0.25) is 0 Å². The van der Waals surface area contributed by atoms with Gasteiger partial charge in [0.05, 0.1) is 12.8 Å². The van der Waals surface area contributed by atoms with Crippen LogP contribution in [0.25, 0.3) is 11.3 Å². The number of benzene rings is 2. The Morgan fingerprint density at radius 3 is 2.51 bits per heavy atom. The van der Waals surface area contributed by atoms with Crippen LogP contribution in [-0.4, -0.2) is 67.5 Å². The molecule has 2 aromatic carbocycles. The number of hydrogen-bond donors (Lipinski definition) is 1. The maximum absolute atomic E-state index is 12.7. The second-order valence-corrected chi connectivity index (χ2v) is 10.00. The van der Waals surface area contributed by atoms with E-state index in [1.807, 2.05) is 55.4 Å². The lowest BCUT2D eigenvalue weighted by Crippen LogP contribution is -2.56. The van der Waals surface area contributed by atoms with Crippen molar-refractivity contribution in [3.63, 3.8) is 0 Å². The SMILES string of the molecule is COc1ccc(-c2cc([C@H]3CN4CC[C@H]3C[C@@H]4CNC(=O)c3ccc(N(C)C)cc3)n(C)n2)cc1. The van der Waals surface area contributed by atoms with E-state index in [0.29, 0.717) is 30.0 Å². The molecule has 1 N–H and O–H groups in total. The lowest BCUT2D eigenvalue weighted by molar-refractivity contribution is 0.0280. The quantitative estimate of drug-likeness (QED) is 0.566. The van der Waals surface area contributed by atoms with E-state index in [1.165, 1.54) is 12.1 Å². The van der Waals surface area contributed by atoms with Crippen LogP contribution in [0, 0.1) is 5.92 Å². The summed E-state index contributed by atoms with van der Waals surface area (Å²) in [6, 6.07) is 18.5. The summed E-state index contributed by atoms with van der Waals surface area (Å²) in [5, 5.41) is 8.00. The smallest absolute Gasteiger partial charge is 0.251 e. The van der Waals surface area contributed by atoms with E-state index >= 15 is 0 Å². The van der Waals surface area contributed by atoms with Gasteiger partial charge in [0.1, 0.15) is 5.75 Å². The molecule has 7 heteroatoms. The Morgan fingerprint density at radius 1 is 1.14 bits per heavy atom. The van der Waals surface area contributed by atoms with Crippen LogP contribution in [0.3, 0.4) is 0 Å². The van der Waals surface area contributed by atoms with Gasteiger partial charge in [-0.1, -0.05) is 0 Å². The van der Waals surface area contributed by atoms with Crippen molar-refractivity contribution < 1.29 is 9.53 Å². The predicted octanol–water partition coefficient (Wildman–Crippen LogP) is 3.77. The van der Waals surface area contributed by atoms with Gasteiger partial charge in [0.25, 0.3) is 5.91 Å². The molecule has 35 heavy (non-hydrogen) atoms. The number of carbonyl (C=O) groups is 1. The summed E-state index contributed by atoms with van der Waals surface area (Å²) < 4.78 is 7.34. The highest BCUT2D eigenvalue weighted by atomic mass is 16.5. The van der Waals surface area contributed by atoms with E-state index in [4.69, 9.17) is 9.84 Å². The summed E-state index contributed by atoms with van der Waals surface area (Å²) in [6.45, 7) is 2.81. The van der Waals surface area contributed by atoms with Gasteiger partial charge in [-0.2, -0.15) is 5.10 Å². The van der Waals surface area contributed by atoms with Crippen molar-refractivity contribution in [2.75, 3.05) is 45.7 Å². The van der Waals surface area contributed by atoms with Crippen LogP contribution >= 0.6 is 0 Å². The molecule has 6 rings (SSSR count). The van der Waals surface area contributed by atoms with Gasteiger partial charge in [-0.15, -0.1) is 0 Å². The van der Waals surface area contributed by atoms with Crippen LogP contribution in [0.1, 0.15) is 34.8 Å². The molecule has 3 saturated heterocycles. The van der Waals surface area contributed by atoms with Crippen molar-refractivity contribution in [2.45, 2.75) is 24.8 Å². The molecule has 1 aromatic heterocycles. The molecule has 4 heterocycles. The van der Waals surface area contributed by atoms with Gasteiger partial charge in [0, 0.05) is 68.7 Å². The Bertz CT molecular complexity index is 1170. The second kappa shape index (κ2) is 9.74. The van der Waals surface area contributed by atoms with E-state index < -0.39 is 0 Å². The Morgan fingerprint density at radius 2 is 1.89 bits per heavy atom. The average Bonchev–Trinajstić information content (AvgIpc) is 3.29. The Hall–Kier alpha value is -3.32. The standard InChI is InChI=1S/C28H35N5O2/c1-31(2)22-9-5-20(6-10-22)28(34)29-17-23-15-21-13-14-33(23)18-25(21)27-16-26(30-32(27)3)19-7-11-24(35-4)12-8-19/h5-12,16,21,23,25H,13-15,17-18H2,1-4H3,(H,29,34)/t21-,23+,25-/m0/s1. The Balaban J connectivity index is 1.22. The molecule has 0 saturated carbocycles. The van der Waals surface area contributed by atoms with E-state index in [-0.39, 0.29) is 5.91 Å². The van der Waals surface area contributed by atoms with Crippen molar-refractivity contribution in [2.24, 2.45) is 13.0 Å². The molecule has 0 spiro atoms. The molecule has 3 aliphatic rings. The van der Waals surface area contributed by atoms with Gasteiger partial charge in [-0.3, -0.25) is 14.4 Å². The number of methoxy groups -OCH3 is 1. The molecule has 184 valence electrons. The number of nitrogens with zero attached hydrogens (tertiary/aromatic N) is 4. The number of ether oxygens (including phenoxy) is 1. The molecule has 3 aliphatic heterocycles. The zero-order chi connectivity index (χ0) is 24.5. The van der Waals surface area contributed by atoms with Gasteiger partial charge in [0.15, 0.2) is 0 Å². The lowest BCUT2D eigenvalue weighted by atomic mass is 9.74. The first-order valence-corrected chi connectivity index (χ1v) is 12.4. The van der Waals surface area contributed by atoms with Crippen LogP contribution in [-0.2, 0) is 7.05 Å².